The molecule has 2 aromatic heterocycles. The number of halogens is 1. The van der Waals surface area contributed by atoms with Gasteiger partial charge in [0.2, 0.25) is 10.8 Å². The second-order valence-electron chi connectivity index (χ2n) is 7.09. The van der Waals surface area contributed by atoms with Crippen molar-refractivity contribution in [2.45, 2.75) is 25.9 Å². The summed E-state index contributed by atoms with van der Waals surface area (Å²) in [6, 6.07) is 14.8. The molecule has 5 nitrogen and oxygen atoms in total. The van der Waals surface area contributed by atoms with Crippen molar-refractivity contribution in [1.29, 1.82) is 0 Å². The molecule has 1 atom stereocenters. The lowest BCUT2D eigenvalue weighted by atomic mass is 9.95. The van der Waals surface area contributed by atoms with Crippen molar-refractivity contribution in [2.24, 2.45) is 0 Å². The molecule has 2 aromatic carbocycles. The summed E-state index contributed by atoms with van der Waals surface area (Å²) in [6.07, 6.45) is 0.919. The molecule has 7 heteroatoms. The summed E-state index contributed by atoms with van der Waals surface area (Å²) in [6.45, 7) is 3.36. The number of thiazole rings is 1. The van der Waals surface area contributed by atoms with E-state index in [0.717, 1.165) is 30.0 Å². The Kier molecular flexibility index (Phi) is 4.14. The molecule has 1 aliphatic heterocycles. The van der Waals surface area contributed by atoms with Crippen molar-refractivity contribution in [3.8, 4) is 5.88 Å². The number of aromatic hydroxyl groups is 1. The van der Waals surface area contributed by atoms with Gasteiger partial charge in [0.25, 0.3) is 0 Å². The van der Waals surface area contributed by atoms with Crippen molar-refractivity contribution < 1.29 is 9.50 Å². The summed E-state index contributed by atoms with van der Waals surface area (Å²) < 4.78 is 15.5. The smallest absolute Gasteiger partial charge is 0.230 e. The van der Waals surface area contributed by atoms with Crippen LogP contribution in [0.4, 0.5) is 4.39 Å². The monoisotopic (exact) mass is 394 g/mol. The molecule has 1 aliphatic rings. The van der Waals surface area contributed by atoms with Gasteiger partial charge in [0.1, 0.15) is 11.6 Å². The molecule has 0 radical (unpaired) electrons. The molecule has 4 aromatic rings. The number of fused-ring (bicyclic) bond motifs is 2. The maximum absolute atomic E-state index is 14.0. The summed E-state index contributed by atoms with van der Waals surface area (Å²) in [4.78, 5) is 8.05. The van der Waals surface area contributed by atoms with Gasteiger partial charge in [0.15, 0.2) is 0 Å². The molecule has 1 N–H and O–H groups in total. The first-order chi connectivity index (χ1) is 13.6. The van der Waals surface area contributed by atoms with Gasteiger partial charge in [-0.05, 0) is 42.2 Å². The Hall–Kier alpha value is -2.77. The van der Waals surface area contributed by atoms with Gasteiger partial charge in [-0.2, -0.15) is 4.52 Å². The highest BCUT2D eigenvalue weighted by Crippen LogP contribution is 2.41. The highest BCUT2D eigenvalue weighted by atomic mass is 32.1. The van der Waals surface area contributed by atoms with Crippen LogP contribution in [0, 0.1) is 12.7 Å². The molecule has 1 unspecified atom stereocenters. The zero-order chi connectivity index (χ0) is 19.3. The lowest BCUT2D eigenvalue weighted by molar-refractivity contribution is 0.205. The maximum Gasteiger partial charge on any atom is 0.230 e. The molecule has 0 saturated carbocycles. The topological polar surface area (TPSA) is 53.7 Å². The van der Waals surface area contributed by atoms with E-state index < -0.39 is 0 Å². The highest BCUT2D eigenvalue weighted by molar-refractivity contribution is 7.17. The van der Waals surface area contributed by atoms with E-state index in [0.29, 0.717) is 10.8 Å². The van der Waals surface area contributed by atoms with Crippen LogP contribution in [0.5, 0.6) is 5.88 Å². The molecule has 0 amide bonds. The van der Waals surface area contributed by atoms with Gasteiger partial charge < -0.3 is 5.11 Å². The minimum Gasteiger partial charge on any atom is -0.492 e. The minimum atomic E-state index is -0.283. The minimum absolute atomic E-state index is 0.0775. The van der Waals surface area contributed by atoms with Crippen LogP contribution >= 0.6 is 11.3 Å². The van der Waals surface area contributed by atoms with E-state index in [4.69, 9.17) is 0 Å². The van der Waals surface area contributed by atoms with Gasteiger partial charge in [0.05, 0.1) is 10.9 Å². The van der Waals surface area contributed by atoms with Crippen molar-refractivity contribution >= 4 is 16.3 Å². The Bertz CT molecular complexity index is 1170. The Balaban J connectivity index is 1.63. The second-order valence-corrected chi connectivity index (χ2v) is 8.10. The fourth-order valence-corrected chi connectivity index (χ4v) is 5.13. The number of hydrogen-bond acceptors (Lipinski definition) is 5. The van der Waals surface area contributed by atoms with Gasteiger partial charge >= 0.3 is 0 Å². The molecule has 142 valence electrons. The number of hydrogen-bond donors (Lipinski definition) is 1. The van der Waals surface area contributed by atoms with Crippen molar-refractivity contribution in [1.82, 2.24) is 19.5 Å². The van der Waals surface area contributed by atoms with E-state index in [9.17, 15) is 9.50 Å². The van der Waals surface area contributed by atoms with Crippen LogP contribution in [0.3, 0.4) is 0 Å². The van der Waals surface area contributed by atoms with Crippen LogP contribution in [0.1, 0.15) is 33.4 Å². The molecule has 0 spiro atoms. The maximum atomic E-state index is 14.0. The van der Waals surface area contributed by atoms with Crippen LogP contribution in [0.2, 0.25) is 0 Å². The van der Waals surface area contributed by atoms with Crippen molar-refractivity contribution in [3.05, 3.63) is 81.7 Å². The third kappa shape index (κ3) is 2.87. The van der Waals surface area contributed by atoms with Crippen LogP contribution < -0.4 is 0 Å². The summed E-state index contributed by atoms with van der Waals surface area (Å²) in [7, 11) is 0. The predicted octanol–water partition coefficient (Wildman–Crippen LogP) is 4.09. The molecule has 0 bridgehead atoms. The Morgan fingerprint density at radius 1 is 1.14 bits per heavy atom. The Morgan fingerprint density at radius 3 is 2.75 bits per heavy atom. The molecular weight excluding hydrogens is 375 g/mol. The average molecular weight is 394 g/mol. The number of rotatable bonds is 3. The van der Waals surface area contributed by atoms with Gasteiger partial charge in [0, 0.05) is 13.1 Å². The largest absolute Gasteiger partial charge is 0.492 e. The summed E-state index contributed by atoms with van der Waals surface area (Å²) in [5.74, 6) is 0.408. The first-order valence-electron chi connectivity index (χ1n) is 9.21. The number of aryl methyl sites for hydroxylation is 1. The summed E-state index contributed by atoms with van der Waals surface area (Å²) in [5.41, 5.74) is 3.43. The molecule has 0 fully saturated rings. The summed E-state index contributed by atoms with van der Waals surface area (Å²) >= 11 is 1.40. The third-order valence-electron chi connectivity index (χ3n) is 5.24. The zero-order valence-electron chi connectivity index (χ0n) is 15.3. The molecule has 5 rings (SSSR count). The van der Waals surface area contributed by atoms with Gasteiger partial charge in [-0.25, -0.2) is 9.37 Å². The van der Waals surface area contributed by atoms with E-state index in [2.05, 4.69) is 33.2 Å². The van der Waals surface area contributed by atoms with Crippen LogP contribution in [0.15, 0.2) is 48.5 Å². The fourth-order valence-electron chi connectivity index (χ4n) is 3.97. The first kappa shape index (κ1) is 17.3. The molecular formula is C21H19FN4OS. The van der Waals surface area contributed by atoms with Crippen molar-refractivity contribution in [2.75, 3.05) is 6.54 Å². The predicted molar refractivity (Wildman–Crippen MR) is 106 cm³/mol. The SMILES string of the molecule is Cc1nc2sc(C(c3cccc(F)c3)N3CCc4ccccc4C3)c(O)n2n1. The van der Waals surface area contributed by atoms with Gasteiger partial charge in [-0.15, -0.1) is 5.10 Å². The van der Waals surface area contributed by atoms with E-state index >= 15 is 0 Å². The van der Waals surface area contributed by atoms with Crippen LogP contribution in [-0.2, 0) is 13.0 Å². The normalized spacial score (nSPS) is 15.6. The summed E-state index contributed by atoms with van der Waals surface area (Å²) in [5, 5.41) is 15.2. The van der Waals surface area contributed by atoms with E-state index in [-0.39, 0.29) is 17.7 Å². The molecule has 3 heterocycles. The standard InChI is InChI=1S/C21H19FN4OS/c1-13-23-21-26(24-13)20(27)19(28-21)18(15-7-4-8-17(22)11-15)25-10-9-14-5-2-3-6-16(14)12-25/h2-8,11,18,27H,9-10,12H2,1H3. The van der Waals surface area contributed by atoms with E-state index in [1.165, 1.54) is 33.0 Å². The highest BCUT2D eigenvalue weighted by Gasteiger charge is 2.31. The molecule has 0 aliphatic carbocycles. The average Bonchev–Trinajstić information content (AvgIpc) is 3.20. The molecule has 0 saturated heterocycles. The number of benzene rings is 2. The quantitative estimate of drug-likeness (QED) is 0.569. The van der Waals surface area contributed by atoms with Crippen LogP contribution in [-0.4, -0.2) is 31.1 Å². The number of nitrogens with zero attached hydrogens (tertiary/aromatic N) is 4. The van der Waals surface area contributed by atoms with Gasteiger partial charge in [-0.3, -0.25) is 4.90 Å². The first-order valence-corrected chi connectivity index (χ1v) is 10.0. The van der Waals surface area contributed by atoms with E-state index in [1.54, 1.807) is 19.1 Å². The fraction of sp³-hybridized carbons (Fsp3) is 0.238. The number of aromatic nitrogens is 3. The Labute approximate surface area is 165 Å². The lowest BCUT2D eigenvalue weighted by Crippen LogP contribution is -2.34. The lowest BCUT2D eigenvalue weighted by Gasteiger charge is -2.35. The Morgan fingerprint density at radius 2 is 1.96 bits per heavy atom. The zero-order valence-corrected chi connectivity index (χ0v) is 16.2. The molecule has 28 heavy (non-hydrogen) atoms. The van der Waals surface area contributed by atoms with Gasteiger partial charge in [-0.1, -0.05) is 47.7 Å². The van der Waals surface area contributed by atoms with E-state index in [1.807, 2.05) is 12.1 Å². The van der Waals surface area contributed by atoms with Crippen molar-refractivity contribution in [3.63, 3.8) is 0 Å². The second kappa shape index (κ2) is 6.68. The van der Waals surface area contributed by atoms with Crippen LogP contribution in [0.25, 0.3) is 4.96 Å². The third-order valence-corrected chi connectivity index (χ3v) is 6.32.